The minimum atomic E-state index is 0.0299. The van der Waals surface area contributed by atoms with E-state index in [0.29, 0.717) is 12.1 Å². The molecule has 1 aliphatic rings. The number of hydrogen-bond acceptors (Lipinski definition) is 4. The van der Waals surface area contributed by atoms with Gasteiger partial charge in [0.05, 0.1) is 17.3 Å². The molecule has 0 atom stereocenters. The summed E-state index contributed by atoms with van der Waals surface area (Å²) < 4.78 is 5.75. The van der Waals surface area contributed by atoms with Crippen LogP contribution in [-0.2, 0) is 15.7 Å². The molecule has 20 heavy (non-hydrogen) atoms. The van der Waals surface area contributed by atoms with Gasteiger partial charge >= 0.3 is 0 Å². The molecule has 1 aliphatic carbocycles. The first-order valence-corrected chi connectivity index (χ1v) is 8.50. The zero-order chi connectivity index (χ0) is 15.0. The van der Waals surface area contributed by atoms with Crippen LogP contribution in [0.2, 0.25) is 0 Å². The van der Waals surface area contributed by atoms with Gasteiger partial charge in [0.1, 0.15) is 5.01 Å². The molecule has 1 fully saturated rings. The van der Waals surface area contributed by atoms with Gasteiger partial charge < -0.3 is 10.1 Å². The Morgan fingerprint density at radius 2 is 2.10 bits per heavy atom. The van der Waals surface area contributed by atoms with Gasteiger partial charge in [-0.25, -0.2) is 4.98 Å². The van der Waals surface area contributed by atoms with Gasteiger partial charge in [0, 0.05) is 23.4 Å². The fourth-order valence-electron chi connectivity index (χ4n) is 2.82. The maximum atomic E-state index is 5.75. The third-order valence-corrected chi connectivity index (χ3v) is 4.85. The summed E-state index contributed by atoms with van der Waals surface area (Å²) in [6, 6.07) is 0.458. The normalized spacial score (nSPS) is 26.9. The highest BCUT2D eigenvalue weighted by atomic mass is 32.1. The van der Waals surface area contributed by atoms with E-state index in [0.717, 1.165) is 19.4 Å². The predicted molar refractivity (Wildman–Crippen MR) is 85.4 cm³/mol. The third-order valence-electron chi connectivity index (χ3n) is 3.80. The molecule has 1 heterocycles. The molecule has 1 N–H and O–H groups in total. The minimum Gasteiger partial charge on any atom is -0.378 e. The van der Waals surface area contributed by atoms with Crippen molar-refractivity contribution in [3.63, 3.8) is 0 Å². The lowest BCUT2D eigenvalue weighted by Crippen LogP contribution is -2.57. The Hall–Kier alpha value is -0.450. The van der Waals surface area contributed by atoms with Crippen LogP contribution < -0.4 is 5.32 Å². The van der Waals surface area contributed by atoms with Gasteiger partial charge in [0.25, 0.3) is 0 Å². The molecule has 1 saturated carbocycles. The van der Waals surface area contributed by atoms with Crippen LogP contribution in [-0.4, -0.2) is 23.7 Å². The molecule has 1 aromatic rings. The van der Waals surface area contributed by atoms with Crippen molar-refractivity contribution in [1.82, 2.24) is 10.3 Å². The van der Waals surface area contributed by atoms with Gasteiger partial charge in [-0.1, -0.05) is 20.8 Å². The summed E-state index contributed by atoms with van der Waals surface area (Å²) in [6.45, 7) is 13.9. The topological polar surface area (TPSA) is 34.1 Å². The first kappa shape index (κ1) is 15.9. The highest BCUT2D eigenvalue weighted by molar-refractivity contribution is 7.09. The molecule has 0 aromatic carbocycles. The van der Waals surface area contributed by atoms with Crippen LogP contribution in [0.1, 0.15) is 65.1 Å². The monoisotopic (exact) mass is 296 g/mol. The van der Waals surface area contributed by atoms with Gasteiger partial charge in [0.15, 0.2) is 0 Å². The van der Waals surface area contributed by atoms with Gasteiger partial charge in [-0.15, -0.1) is 11.3 Å². The maximum Gasteiger partial charge on any atom is 0.113 e. The molecular formula is C16H28N2OS. The summed E-state index contributed by atoms with van der Waals surface area (Å²) in [6.07, 6.45) is 2.46. The lowest BCUT2D eigenvalue weighted by Gasteiger charge is -2.47. The third kappa shape index (κ3) is 3.23. The molecule has 1 aromatic heterocycles. The van der Waals surface area contributed by atoms with Crippen molar-refractivity contribution in [2.75, 3.05) is 6.61 Å². The molecule has 0 saturated heterocycles. The number of nitrogens with one attached hydrogen (secondary N) is 1. The van der Waals surface area contributed by atoms with Crippen molar-refractivity contribution in [1.29, 1.82) is 0 Å². The van der Waals surface area contributed by atoms with Crippen molar-refractivity contribution in [3.8, 4) is 0 Å². The number of rotatable bonds is 5. The largest absolute Gasteiger partial charge is 0.378 e. The molecule has 0 radical (unpaired) electrons. The predicted octanol–water partition coefficient (Wildman–Crippen LogP) is 3.83. The van der Waals surface area contributed by atoms with Crippen LogP contribution in [0.25, 0.3) is 0 Å². The SMILES string of the molecule is CCOC1CC(NC(C)C)(c2nc(C(C)(C)C)cs2)C1. The van der Waals surface area contributed by atoms with Crippen LogP contribution in [0, 0.1) is 0 Å². The lowest BCUT2D eigenvalue weighted by molar-refractivity contribution is -0.0564. The van der Waals surface area contributed by atoms with Crippen LogP contribution in [0.4, 0.5) is 0 Å². The van der Waals surface area contributed by atoms with E-state index in [9.17, 15) is 0 Å². The van der Waals surface area contributed by atoms with E-state index in [-0.39, 0.29) is 11.0 Å². The number of ether oxygens (including phenoxy) is 1. The quantitative estimate of drug-likeness (QED) is 0.896. The van der Waals surface area contributed by atoms with Crippen molar-refractivity contribution in [2.45, 2.75) is 77.5 Å². The Morgan fingerprint density at radius 1 is 1.45 bits per heavy atom. The Balaban J connectivity index is 2.18. The van der Waals surface area contributed by atoms with E-state index >= 15 is 0 Å². The fraction of sp³-hybridized carbons (Fsp3) is 0.812. The maximum absolute atomic E-state index is 5.75. The number of aromatic nitrogens is 1. The lowest BCUT2D eigenvalue weighted by atomic mass is 9.74. The second-order valence-electron chi connectivity index (χ2n) is 7.15. The van der Waals surface area contributed by atoms with Crippen molar-refractivity contribution < 1.29 is 4.74 Å². The number of thiazole rings is 1. The molecule has 0 bridgehead atoms. The van der Waals surface area contributed by atoms with Crippen LogP contribution in [0.15, 0.2) is 5.38 Å². The minimum absolute atomic E-state index is 0.0299. The zero-order valence-electron chi connectivity index (χ0n) is 13.6. The first-order valence-electron chi connectivity index (χ1n) is 7.62. The average molecular weight is 296 g/mol. The van der Waals surface area contributed by atoms with Gasteiger partial charge in [-0.05, 0) is 33.6 Å². The van der Waals surface area contributed by atoms with E-state index in [1.165, 1.54) is 10.7 Å². The molecule has 2 rings (SSSR count). The first-order chi connectivity index (χ1) is 9.27. The van der Waals surface area contributed by atoms with Gasteiger partial charge in [-0.2, -0.15) is 0 Å². The van der Waals surface area contributed by atoms with Crippen molar-refractivity contribution in [2.24, 2.45) is 0 Å². The van der Waals surface area contributed by atoms with Crippen LogP contribution >= 0.6 is 11.3 Å². The van der Waals surface area contributed by atoms with Crippen LogP contribution in [0.5, 0.6) is 0 Å². The molecule has 0 aliphatic heterocycles. The molecule has 114 valence electrons. The molecular weight excluding hydrogens is 268 g/mol. The summed E-state index contributed by atoms with van der Waals surface area (Å²) in [4.78, 5) is 4.92. The van der Waals surface area contributed by atoms with Crippen molar-refractivity contribution in [3.05, 3.63) is 16.1 Å². The zero-order valence-corrected chi connectivity index (χ0v) is 14.4. The number of nitrogens with zero attached hydrogens (tertiary/aromatic N) is 1. The fourth-order valence-corrected chi connectivity index (χ4v) is 4.05. The van der Waals surface area contributed by atoms with Crippen LogP contribution in [0.3, 0.4) is 0 Å². The van der Waals surface area contributed by atoms with Gasteiger partial charge in [0.2, 0.25) is 0 Å². The average Bonchev–Trinajstić information content (AvgIpc) is 2.74. The smallest absolute Gasteiger partial charge is 0.113 e. The van der Waals surface area contributed by atoms with E-state index < -0.39 is 0 Å². The molecule has 4 heteroatoms. The Kier molecular flexibility index (Phi) is 4.57. The second kappa shape index (κ2) is 5.74. The van der Waals surface area contributed by atoms with E-state index in [4.69, 9.17) is 9.72 Å². The summed E-state index contributed by atoms with van der Waals surface area (Å²) in [5, 5.41) is 7.17. The molecule has 3 nitrogen and oxygen atoms in total. The highest BCUT2D eigenvalue weighted by Gasteiger charge is 2.48. The summed E-state index contributed by atoms with van der Waals surface area (Å²) in [7, 11) is 0. The molecule has 0 amide bonds. The Morgan fingerprint density at radius 3 is 2.55 bits per heavy atom. The Bertz CT molecular complexity index is 442. The Labute approximate surface area is 127 Å². The molecule has 0 spiro atoms. The van der Waals surface area contributed by atoms with E-state index in [1.54, 1.807) is 11.3 Å². The highest BCUT2D eigenvalue weighted by Crippen LogP contribution is 2.45. The summed E-state index contributed by atoms with van der Waals surface area (Å²) in [5.74, 6) is 0. The van der Waals surface area contributed by atoms with E-state index in [2.05, 4.69) is 52.2 Å². The molecule has 0 unspecified atom stereocenters. The van der Waals surface area contributed by atoms with Crippen molar-refractivity contribution >= 4 is 11.3 Å². The standard InChI is InChI=1S/C16H28N2OS/c1-7-19-12-8-16(9-12,18-11(2)3)14-17-13(10-20-14)15(4,5)6/h10-12,18H,7-9H2,1-6H3. The van der Waals surface area contributed by atoms with E-state index in [1.807, 2.05) is 0 Å². The second-order valence-corrected chi connectivity index (χ2v) is 8.01. The summed E-state index contributed by atoms with van der Waals surface area (Å²) >= 11 is 1.79. The number of hydrogen-bond donors (Lipinski definition) is 1. The van der Waals surface area contributed by atoms with Gasteiger partial charge in [-0.3, -0.25) is 0 Å². The summed E-state index contributed by atoms with van der Waals surface area (Å²) in [5.41, 5.74) is 1.35.